The number of halogens is 4. The number of carbonyl (C=O) groups excluding carboxylic acids is 1. The van der Waals surface area contributed by atoms with Crippen molar-refractivity contribution in [1.82, 2.24) is 14.7 Å². The topological polar surface area (TPSA) is 87.9 Å². The molecule has 0 fully saturated rings. The van der Waals surface area contributed by atoms with Crippen molar-refractivity contribution in [3.63, 3.8) is 0 Å². The van der Waals surface area contributed by atoms with E-state index in [-0.39, 0.29) is 16.9 Å². The van der Waals surface area contributed by atoms with Crippen molar-refractivity contribution < 1.29 is 37.0 Å². The summed E-state index contributed by atoms with van der Waals surface area (Å²) in [5.74, 6) is -6.56. The third-order valence-corrected chi connectivity index (χ3v) is 6.85. The number of carboxylic acid groups (broad SMARTS) is 1. The molecule has 0 unspecified atom stereocenters. The van der Waals surface area contributed by atoms with Gasteiger partial charge in [0, 0.05) is 43.1 Å². The van der Waals surface area contributed by atoms with Crippen LogP contribution in [0.2, 0.25) is 0 Å². The molecule has 0 aliphatic rings. The van der Waals surface area contributed by atoms with Gasteiger partial charge in [-0.15, -0.1) is 0 Å². The van der Waals surface area contributed by atoms with Crippen LogP contribution in [0.15, 0.2) is 36.5 Å². The number of hydrogen-bond acceptors (Lipinski definition) is 5. The summed E-state index contributed by atoms with van der Waals surface area (Å²) in [4.78, 5) is 27.0. The maximum atomic E-state index is 14.8. The highest BCUT2D eigenvalue weighted by atomic mass is 19.2. The van der Waals surface area contributed by atoms with E-state index in [4.69, 9.17) is 9.84 Å². The average Bonchev–Trinajstić information content (AvgIpc) is 3.32. The van der Waals surface area contributed by atoms with Crippen molar-refractivity contribution in [3.8, 4) is 11.3 Å². The van der Waals surface area contributed by atoms with Gasteiger partial charge in [0.25, 0.3) is 0 Å². The molecule has 0 saturated heterocycles. The second-order valence-corrected chi connectivity index (χ2v) is 11.6. The summed E-state index contributed by atoms with van der Waals surface area (Å²) in [5.41, 5.74) is -1.13. The molecule has 1 N–H and O–H groups in total. The number of ether oxygens (including phenoxy) is 1. The first-order valence-corrected chi connectivity index (χ1v) is 13.4. The third kappa shape index (κ3) is 7.47. The number of carbonyl (C=O) groups is 2. The van der Waals surface area contributed by atoms with Crippen molar-refractivity contribution in [1.29, 1.82) is 0 Å². The molecule has 0 aliphatic carbocycles. The molecular weight excluding hydrogens is 556 g/mol. The standard InChI is InChI=1S/C30H36F4N4O4/c1-8-37(14-13-30(5,6)42-28(41)36(7)19-9-10-20(27(39)40)23(32)15-19)16-18-17-38(29(2,3)4)35-26(18)21-11-12-22(31)25(34)24(21)33/h9-12,15,17H,8,13-14,16H2,1-7H3,(H,39,40). The Labute approximate surface area is 242 Å². The zero-order valence-corrected chi connectivity index (χ0v) is 24.8. The molecule has 1 aromatic heterocycles. The Balaban J connectivity index is 1.75. The maximum absolute atomic E-state index is 14.8. The molecule has 0 atom stereocenters. The molecule has 12 heteroatoms. The molecule has 3 rings (SSSR count). The van der Waals surface area contributed by atoms with E-state index in [2.05, 4.69) is 5.10 Å². The lowest BCUT2D eigenvalue weighted by Gasteiger charge is -2.30. The predicted octanol–water partition coefficient (Wildman–Crippen LogP) is 6.82. The van der Waals surface area contributed by atoms with Crippen molar-refractivity contribution in [3.05, 3.63) is 70.9 Å². The lowest BCUT2D eigenvalue weighted by molar-refractivity contribution is 0.0299. The number of hydrogen-bond donors (Lipinski definition) is 1. The van der Waals surface area contributed by atoms with Crippen LogP contribution in [0.5, 0.6) is 0 Å². The summed E-state index contributed by atoms with van der Waals surface area (Å²) in [6.07, 6.45) is 1.39. The van der Waals surface area contributed by atoms with Crippen LogP contribution in [0.4, 0.5) is 28.0 Å². The van der Waals surface area contributed by atoms with E-state index in [0.29, 0.717) is 31.6 Å². The molecule has 8 nitrogen and oxygen atoms in total. The number of carboxylic acids is 1. The van der Waals surface area contributed by atoms with Crippen molar-refractivity contribution in [2.24, 2.45) is 0 Å². The fourth-order valence-electron chi connectivity index (χ4n) is 4.17. The first kappa shape index (κ1) is 32.6. The molecule has 228 valence electrons. The van der Waals surface area contributed by atoms with Gasteiger partial charge in [-0.25, -0.2) is 27.2 Å². The van der Waals surface area contributed by atoms with Gasteiger partial charge in [-0.1, -0.05) is 6.92 Å². The van der Waals surface area contributed by atoms with Gasteiger partial charge in [0.05, 0.1) is 16.8 Å². The lowest BCUT2D eigenvalue weighted by Crippen LogP contribution is -2.38. The smallest absolute Gasteiger partial charge is 0.414 e. The Kier molecular flexibility index (Phi) is 9.71. The van der Waals surface area contributed by atoms with Crippen LogP contribution in [0.25, 0.3) is 11.3 Å². The molecule has 0 radical (unpaired) electrons. The average molecular weight is 593 g/mol. The van der Waals surface area contributed by atoms with Gasteiger partial charge in [-0.3, -0.25) is 14.5 Å². The zero-order chi connectivity index (χ0) is 31.6. The van der Waals surface area contributed by atoms with E-state index in [0.717, 1.165) is 23.1 Å². The summed E-state index contributed by atoms with van der Waals surface area (Å²) in [6.45, 7) is 12.4. The van der Waals surface area contributed by atoms with Crippen LogP contribution in [0, 0.1) is 23.3 Å². The number of amides is 1. The highest BCUT2D eigenvalue weighted by Crippen LogP contribution is 2.31. The fourth-order valence-corrected chi connectivity index (χ4v) is 4.17. The number of aromatic carboxylic acids is 1. The van der Waals surface area contributed by atoms with Gasteiger partial charge in [0.15, 0.2) is 17.5 Å². The zero-order valence-electron chi connectivity index (χ0n) is 24.8. The van der Waals surface area contributed by atoms with Crippen LogP contribution < -0.4 is 4.90 Å². The normalized spacial score (nSPS) is 12.1. The molecule has 0 bridgehead atoms. The number of anilines is 1. The molecule has 0 saturated carbocycles. The summed E-state index contributed by atoms with van der Waals surface area (Å²) in [6, 6.07) is 5.37. The van der Waals surface area contributed by atoms with Crippen molar-refractivity contribution in [2.75, 3.05) is 25.0 Å². The van der Waals surface area contributed by atoms with Crippen molar-refractivity contribution >= 4 is 17.7 Å². The van der Waals surface area contributed by atoms with Gasteiger partial charge in [-0.05, 0) is 77.9 Å². The van der Waals surface area contributed by atoms with Crippen LogP contribution >= 0.6 is 0 Å². The van der Waals surface area contributed by atoms with Crippen LogP contribution in [0.1, 0.15) is 63.9 Å². The number of nitrogens with zero attached hydrogens (tertiary/aromatic N) is 4. The first-order chi connectivity index (χ1) is 19.4. The van der Waals surface area contributed by atoms with Gasteiger partial charge >= 0.3 is 12.1 Å². The Hall–Kier alpha value is -3.93. The predicted molar refractivity (Wildman–Crippen MR) is 150 cm³/mol. The molecule has 42 heavy (non-hydrogen) atoms. The second kappa shape index (κ2) is 12.5. The van der Waals surface area contributed by atoms with E-state index in [9.17, 15) is 27.2 Å². The van der Waals surface area contributed by atoms with Crippen molar-refractivity contribution in [2.45, 2.75) is 65.6 Å². The SMILES string of the molecule is CCN(CCC(C)(C)OC(=O)N(C)c1ccc(C(=O)O)c(F)c1)Cc1cn(C(C)(C)C)nc1-c1ccc(F)c(F)c1F. The largest absolute Gasteiger partial charge is 0.478 e. The molecule has 2 aromatic carbocycles. The maximum Gasteiger partial charge on any atom is 0.414 e. The van der Waals surface area contributed by atoms with E-state index in [1.165, 1.54) is 19.2 Å². The Morgan fingerprint density at radius 1 is 1.00 bits per heavy atom. The number of aromatic nitrogens is 2. The highest BCUT2D eigenvalue weighted by Gasteiger charge is 2.28. The number of benzene rings is 2. The molecule has 1 heterocycles. The Bertz CT molecular complexity index is 1470. The number of rotatable bonds is 10. The minimum absolute atomic E-state index is 0.126. The lowest BCUT2D eigenvalue weighted by atomic mass is 10.0. The van der Waals surface area contributed by atoms with Crippen LogP contribution in [0.3, 0.4) is 0 Å². The van der Waals surface area contributed by atoms with Gasteiger partial charge in [0.1, 0.15) is 11.4 Å². The second-order valence-electron chi connectivity index (χ2n) is 11.6. The van der Waals surface area contributed by atoms with Crippen LogP contribution in [-0.2, 0) is 16.8 Å². The van der Waals surface area contributed by atoms with E-state index in [1.807, 2.05) is 32.6 Å². The first-order valence-electron chi connectivity index (χ1n) is 13.4. The van der Waals surface area contributed by atoms with Crippen LogP contribution in [-0.4, -0.2) is 57.6 Å². The summed E-state index contributed by atoms with van der Waals surface area (Å²) in [5, 5.41) is 13.5. The van der Waals surface area contributed by atoms with E-state index < -0.39 is 52.0 Å². The summed E-state index contributed by atoms with van der Waals surface area (Å²) in [7, 11) is 1.39. The Morgan fingerprint density at radius 2 is 1.67 bits per heavy atom. The summed E-state index contributed by atoms with van der Waals surface area (Å²) >= 11 is 0. The quantitative estimate of drug-likeness (QED) is 0.205. The van der Waals surface area contributed by atoms with E-state index in [1.54, 1.807) is 24.7 Å². The molecular formula is C30H36F4N4O4. The molecule has 0 spiro atoms. The minimum atomic E-state index is -1.56. The van der Waals surface area contributed by atoms with Gasteiger partial charge in [0.2, 0.25) is 0 Å². The summed E-state index contributed by atoms with van der Waals surface area (Å²) < 4.78 is 63.9. The Morgan fingerprint density at radius 3 is 2.24 bits per heavy atom. The van der Waals surface area contributed by atoms with Gasteiger partial charge in [-0.2, -0.15) is 5.10 Å². The molecule has 1 amide bonds. The van der Waals surface area contributed by atoms with E-state index >= 15 is 0 Å². The molecule has 0 aliphatic heterocycles. The monoisotopic (exact) mass is 592 g/mol. The minimum Gasteiger partial charge on any atom is -0.478 e. The third-order valence-electron chi connectivity index (χ3n) is 6.85. The fraction of sp³-hybridized carbons (Fsp3) is 0.433. The molecule has 3 aromatic rings. The highest BCUT2D eigenvalue weighted by molar-refractivity contribution is 5.91. The van der Waals surface area contributed by atoms with Gasteiger partial charge < -0.3 is 9.84 Å².